The average Bonchev–Trinajstić information content (AvgIpc) is 2.87. The molecule has 0 amide bonds. The van der Waals surface area contributed by atoms with E-state index >= 15 is 0 Å². The van der Waals surface area contributed by atoms with Gasteiger partial charge in [0.2, 0.25) is 0 Å². The molecule has 2 nitrogen and oxygen atoms in total. The smallest absolute Gasteiger partial charge is 0.116 e. The molecule has 0 radical (unpaired) electrons. The number of aryl methyl sites for hydroxylation is 1. The van der Waals surface area contributed by atoms with E-state index in [0.717, 1.165) is 5.92 Å². The fourth-order valence-electron chi connectivity index (χ4n) is 1.87. The molecular weight excluding hydrogens is 160 g/mol. The van der Waals surface area contributed by atoms with Crippen LogP contribution >= 0.6 is 0 Å². The maximum atomic E-state index is 4.48. The Bertz CT molecular complexity index is 452. The summed E-state index contributed by atoms with van der Waals surface area (Å²) in [5.41, 5.74) is 2.51. The first-order chi connectivity index (χ1) is 6.36. The number of imidazole rings is 1. The zero-order chi connectivity index (χ0) is 8.84. The van der Waals surface area contributed by atoms with Gasteiger partial charge in [0.05, 0.1) is 11.7 Å². The van der Waals surface area contributed by atoms with Crippen LogP contribution in [0.1, 0.15) is 30.3 Å². The normalized spacial score (nSPS) is 16.7. The Hall–Kier alpha value is -1.31. The maximum Gasteiger partial charge on any atom is 0.116 e. The van der Waals surface area contributed by atoms with Gasteiger partial charge in [-0.1, -0.05) is 6.07 Å². The number of aromatic nitrogens is 2. The summed E-state index contributed by atoms with van der Waals surface area (Å²) < 4.78 is 2.28. The topological polar surface area (TPSA) is 17.3 Å². The molecule has 66 valence electrons. The second-order valence-corrected chi connectivity index (χ2v) is 3.82. The molecule has 2 heterocycles. The van der Waals surface area contributed by atoms with E-state index < -0.39 is 0 Å². The molecule has 0 aromatic carbocycles. The SMILES string of the molecule is Cc1cccc2cnc(C3CC3)n12. The lowest BCUT2D eigenvalue weighted by Gasteiger charge is -2.02. The van der Waals surface area contributed by atoms with Crippen LogP contribution in [-0.2, 0) is 0 Å². The summed E-state index contributed by atoms with van der Waals surface area (Å²) in [6.07, 6.45) is 4.60. The minimum absolute atomic E-state index is 0.726. The molecule has 2 aromatic heterocycles. The Balaban J connectivity index is 2.34. The Labute approximate surface area is 77.2 Å². The lowest BCUT2D eigenvalue weighted by atomic mass is 10.3. The summed E-state index contributed by atoms with van der Waals surface area (Å²) >= 11 is 0. The van der Waals surface area contributed by atoms with Crippen LogP contribution in [0.5, 0.6) is 0 Å². The number of fused-ring (bicyclic) bond motifs is 1. The van der Waals surface area contributed by atoms with Crippen molar-refractivity contribution in [3.8, 4) is 0 Å². The number of rotatable bonds is 1. The molecule has 0 aliphatic heterocycles. The van der Waals surface area contributed by atoms with Crippen molar-refractivity contribution in [1.82, 2.24) is 9.38 Å². The van der Waals surface area contributed by atoms with Gasteiger partial charge in [-0.15, -0.1) is 0 Å². The van der Waals surface area contributed by atoms with Crippen LogP contribution in [0, 0.1) is 6.92 Å². The van der Waals surface area contributed by atoms with Gasteiger partial charge in [-0.3, -0.25) is 0 Å². The fraction of sp³-hybridized carbons (Fsp3) is 0.364. The average molecular weight is 172 g/mol. The van der Waals surface area contributed by atoms with Gasteiger partial charge in [-0.2, -0.15) is 0 Å². The van der Waals surface area contributed by atoms with E-state index in [0.29, 0.717) is 0 Å². The largest absolute Gasteiger partial charge is 0.301 e. The minimum atomic E-state index is 0.726. The predicted molar refractivity (Wildman–Crippen MR) is 51.9 cm³/mol. The second kappa shape index (κ2) is 2.34. The second-order valence-electron chi connectivity index (χ2n) is 3.82. The van der Waals surface area contributed by atoms with E-state index in [1.165, 1.54) is 29.9 Å². The van der Waals surface area contributed by atoms with E-state index in [1.54, 1.807) is 0 Å². The first kappa shape index (κ1) is 7.13. The molecule has 0 N–H and O–H groups in total. The molecule has 3 rings (SSSR count). The summed E-state index contributed by atoms with van der Waals surface area (Å²) in [4.78, 5) is 4.48. The summed E-state index contributed by atoms with van der Waals surface area (Å²) in [6.45, 7) is 2.14. The van der Waals surface area contributed by atoms with Crippen LogP contribution in [0.2, 0.25) is 0 Å². The van der Waals surface area contributed by atoms with Crippen LogP contribution in [0.3, 0.4) is 0 Å². The molecule has 1 fully saturated rings. The Morgan fingerprint density at radius 3 is 3.00 bits per heavy atom. The Morgan fingerprint density at radius 1 is 1.38 bits per heavy atom. The molecule has 0 spiro atoms. The molecule has 1 aliphatic carbocycles. The highest BCUT2D eigenvalue weighted by Crippen LogP contribution is 2.39. The number of pyridine rings is 1. The lowest BCUT2D eigenvalue weighted by Crippen LogP contribution is -1.95. The van der Waals surface area contributed by atoms with Gasteiger partial charge in [0, 0.05) is 11.6 Å². The first-order valence-electron chi connectivity index (χ1n) is 4.79. The number of nitrogens with zero attached hydrogens (tertiary/aromatic N) is 2. The predicted octanol–water partition coefficient (Wildman–Crippen LogP) is 2.52. The van der Waals surface area contributed by atoms with E-state index in [1.807, 2.05) is 6.20 Å². The van der Waals surface area contributed by atoms with Crippen molar-refractivity contribution in [2.45, 2.75) is 25.7 Å². The fourth-order valence-corrected chi connectivity index (χ4v) is 1.87. The van der Waals surface area contributed by atoms with Crippen molar-refractivity contribution in [3.05, 3.63) is 35.9 Å². The molecule has 0 saturated heterocycles. The lowest BCUT2D eigenvalue weighted by molar-refractivity contribution is 0.897. The molecular formula is C11H12N2. The third-order valence-electron chi connectivity index (χ3n) is 2.72. The van der Waals surface area contributed by atoms with Gasteiger partial charge in [0.25, 0.3) is 0 Å². The Morgan fingerprint density at radius 2 is 2.23 bits per heavy atom. The first-order valence-corrected chi connectivity index (χ1v) is 4.79. The van der Waals surface area contributed by atoms with Gasteiger partial charge >= 0.3 is 0 Å². The third kappa shape index (κ3) is 0.981. The zero-order valence-electron chi connectivity index (χ0n) is 7.70. The number of hydrogen-bond acceptors (Lipinski definition) is 1. The molecule has 0 unspecified atom stereocenters. The van der Waals surface area contributed by atoms with Gasteiger partial charge in [-0.25, -0.2) is 4.98 Å². The van der Waals surface area contributed by atoms with Gasteiger partial charge in [0.15, 0.2) is 0 Å². The highest BCUT2D eigenvalue weighted by atomic mass is 15.0. The third-order valence-corrected chi connectivity index (χ3v) is 2.72. The van der Waals surface area contributed by atoms with Crippen molar-refractivity contribution >= 4 is 5.52 Å². The van der Waals surface area contributed by atoms with Crippen molar-refractivity contribution in [1.29, 1.82) is 0 Å². The summed E-state index contributed by atoms with van der Waals surface area (Å²) in [5, 5.41) is 0. The Kier molecular flexibility index (Phi) is 1.29. The molecule has 1 aliphatic rings. The van der Waals surface area contributed by atoms with Crippen LogP contribution in [-0.4, -0.2) is 9.38 Å². The van der Waals surface area contributed by atoms with E-state index in [2.05, 4.69) is 34.5 Å². The number of hydrogen-bond donors (Lipinski definition) is 0. The standard InChI is InChI=1S/C11H12N2/c1-8-3-2-4-10-7-12-11(13(8)10)9-5-6-9/h2-4,7,9H,5-6H2,1H3. The van der Waals surface area contributed by atoms with Crippen LogP contribution in [0.4, 0.5) is 0 Å². The highest BCUT2D eigenvalue weighted by Gasteiger charge is 2.27. The van der Waals surface area contributed by atoms with Crippen LogP contribution in [0.15, 0.2) is 24.4 Å². The summed E-state index contributed by atoms with van der Waals surface area (Å²) in [5.74, 6) is 1.98. The zero-order valence-corrected chi connectivity index (χ0v) is 7.70. The van der Waals surface area contributed by atoms with E-state index in [4.69, 9.17) is 0 Å². The van der Waals surface area contributed by atoms with Crippen molar-refractivity contribution < 1.29 is 0 Å². The van der Waals surface area contributed by atoms with E-state index in [-0.39, 0.29) is 0 Å². The molecule has 2 aromatic rings. The monoisotopic (exact) mass is 172 g/mol. The minimum Gasteiger partial charge on any atom is -0.301 e. The molecule has 0 bridgehead atoms. The van der Waals surface area contributed by atoms with E-state index in [9.17, 15) is 0 Å². The highest BCUT2D eigenvalue weighted by molar-refractivity contribution is 5.48. The van der Waals surface area contributed by atoms with Crippen LogP contribution < -0.4 is 0 Å². The van der Waals surface area contributed by atoms with Crippen molar-refractivity contribution in [2.75, 3.05) is 0 Å². The molecule has 0 atom stereocenters. The summed E-state index contributed by atoms with van der Waals surface area (Å²) in [6, 6.07) is 6.34. The van der Waals surface area contributed by atoms with Gasteiger partial charge < -0.3 is 4.40 Å². The summed E-state index contributed by atoms with van der Waals surface area (Å²) in [7, 11) is 0. The molecule has 13 heavy (non-hydrogen) atoms. The maximum absolute atomic E-state index is 4.48. The molecule has 1 saturated carbocycles. The van der Waals surface area contributed by atoms with Gasteiger partial charge in [-0.05, 0) is 31.9 Å². The van der Waals surface area contributed by atoms with Crippen LogP contribution in [0.25, 0.3) is 5.52 Å². The van der Waals surface area contributed by atoms with Gasteiger partial charge in [0.1, 0.15) is 5.82 Å². The molecule has 2 heteroatoms. The van der Waals surface area contributed by atoms with Crippen molar-refractivity contribution in [3.63, 3.8) is 0 Å². The van der Waals surface area contributed by atoms with Crippen molar-refractivity contribution in [2.24, 2.45) is 0 Å². The quantitative estimate of drug-likeness (QED) is 0.646.